The number of anilines is 1. The maximum Gasteiger partial charge on any atom is 0.225 e. The number of nitrogens with one attached hydrogen (secondary N) is 1. The molecule has 2 aromatic rings. The van der Waals surface area contributed by atoms with Gasteiger partial charge in [0.15, 0.2) is 0 Å². The number of carbonyl (C=O) groups excluding carboxylic acids is 1. The summed E-state index contributed by atoms with van der Waals surface area (Å²) in [7, 11) is 1.63. The molecule has 0 aliphatic heterocycles. The summed E-state index contributed by atoms with van der Waals surface area (Å²) in [5.74, 6) is 1.43. The van der Waals surface area contributed by atoms with Crippen molar-refractivity contribution in [2.45, 2.75) is 11.3 Å². The molecule has 0 fully saturated rings. The third-order valence-corrected chi connectivity index (χ3v) is 4.54. The molecule has 0 atom stereocenters. The quantitative estimate of drug-likeness (QED) is 0.824. The van der Waals surface area contributed by atoms with E-state index in [2.05, 4.69) is 11.4 Å². The summed E-state index contributed by atoms with van der Waals surface area (Å²) < 4.78 is 5.09. The first-order valence-electron chi connectivity index (χ1n) is 6.27. The van der Waals surface area contributed by atoms with Gasteiger partial charge in [-0.3, -0.25) is 4.79 Å². The molecule has 0 aliphatic rings. The van der Waals surface area contributed by atoms with Gasteiger partial charge in [-0.05, 0) is 35.7 Å². The minimum atomic E-state index is -0.0741. The number of ether oxygens (including phenoxy) is 1. The lowest BCUT2D eigenvalue weighted by molar-refractivity contribution is -0.115. The lowest BCUT2D eigenvalue weighted by Crippen LogP contribution is -2.11. The molecule has 4 nitrogen and oxygen atoms in total. The number of nitriles is 1. The van der Waals surface area contributed by atoms with E-state index in [0.29, 0.717) is 22.7 Å². The van der Waals surface area contributed by atoms with Crippen molar-refractivity contribution in [1.82, 2.24) is 0 Å². The minimum absolute atomic E-state index is 0.0741. The minimum Gasteiger partial charge on any atom is -0.497 e. The number of carbonyl (C=O) groups is 1. The zero-order valence-corrected chi connectivity index (χ0v) is 13.1. The van der Waals surface area contributed by atoms with E-state index in [1.807, 2.05) is 24.3 Å². The molecule has 0 saturated heterocycles. The maximum atomic E-state index is 11.8. The van der Waals surface area contributed by atoms with Crippen molar-refractivity contribution in [3.63, 3.8) is 0 Å². The molecule has 0 bridgehead atoms. The second-order valence-corrected chi connectivity index (χ2v) is 6.18. The maximum absolute atomic E-state index is 11.8. The van der Waals surface area contributed by atoms with Gasteiger partial charge in [0, 0.05) is 17.1 Å². The van der Waals surface area contributed by atoms with E-state index in [4.69, 9.17) is 10.00 Å². The van der Waals surface area contributed by atoms with E-state index in [-0.39, 0.29) is 5.91 Å². The van der Waals surface area contributed by atoms with Crippen LogP contribution in [-0.2, 0) is 4.79 Å². The third-order valence-electron chi connectivity index (χ3n) is 2.70. The highest BCUT2D eigenvalue weighted by Crippen LogP contribution is 2.24. The van der Waals surface area contributed by atoms with Crippen LogP contribution in [0, 0.1) is 11.3 Å². The van der Waals surface area contributed by atoms with E-state index in [1.54, 1.807) is 30.3 Å². The zero-order valence-electron chi connectivity index (χ0n) is 11.5. The molecule has 1 heterocycles. The van der Waals surface area contributed by atoms with Gasteiger partial charge in [0.05, 0.1) is 12.7 Å². The van der Waals surface area contributed by atoms with Gasteiger partial charge in [-0.15, -0.1) is 23.1 Å². The Kier molecular flexibility index (Phi) is 5.67. The van der Waals surface area contributed by atoms with Gasteiger partial charge in [0.25, 0.3) is 0 Å². The Morgan fingerprint density at radius 3 is 2.81 bits per heavy atom. The highest BCUT2D eigenvalue weighted by molar-refractivity contribution is 7.99. The molecule has 0 unspecified atom stereocenters. The zero-order chi connectivity index (χ0) is 15.1. The summed E-state index contributed by atoms with van der Waals surface area (Å²) in [6, 6.07) is 11.5. The van der Waals surface area contributed by atoms with Crippen LogP contribution in [0.4, 0.5) is 5.00 Å². The average molecular weight is 318 g/mol. The highest BCUT2D eigenvalue weighted by Gasteiger charge is 2.08. The van der Waals surface area contributed by atoms with Crippen LogP contribution in [0.1, 0.15) is 12.0 Å². The molecule has 0 spiro atoms. The van der Waals surface area contributed by atoms with Crippen molar-refractivity contribution in [3.05, 3.63) is 41.3 Å². The van der Waals surface area contributed by atoms with Gasteiger partial charge in [0.1, 0.15) is 16.8 Å². The van der Waals surface area contributed by atoms with Crippen LogP contribution in [0.25, 0.3) is 0 Å². The van der Waals surface area contributed by atoms with Crippen LogP contribution in [-0.4, -0.2) is 18.8 Å². The van der Waals surface area contributed by atoms with Gasteiger partial charge in [-0.1, -0.05) is 0 Å². The molecular weight excluding hydrogens is 304 g/mol. The fourth-order valence-electron chi connectivity index (χ4n) is 1.62. The summed E-state index contributed by atoms with van der Waals surface area (Å²) >= 11 is 2.97. The SMILES string of the molecule is COc1ccc(SCCC(=O)Nc2sccc2C#N)cc1. The van der Waals surface area contributed by atoms with Crippen molar-refractivity contribution in [2.75, 3.05) is 18.2 Å². The Bertz CT molecular complexity index is 644. The fraction of sp³-hybridized carbons (Fsp3) is 0.200. The van der Waals surface area contributed by atoms with Crippen LogP contribution < -0.4 is 10.1 Å². The number of hydrogen-bond acceptors (Lipinski definition) is 5. The number of amides is 1. The predicted molar refractivity (Wildman–Crippen MR) is 86.0 cm³/mol. The van der Waals surface area contributed by atoms with Crippen molar-refractivity contribution in [2.24, 2.45) is 0 Å². The van der Waals surface area contributed by atoms with Crippen LogP contribution in [0.3, 0.4) is 0 Å². The van der Waals surface area contributed by atoms with Crippen molar-refractivity contribution < 1.29 is 9.53 Å². The van der Waals surface area contributed by atoms with Crippen molar-refractivity contribution in [3.8, 4) is 11.8 Å². The number of benzene rings is 1. The number of hydrogen-bond donors (Lipinski definition) is 1. The summed E-state index contributed by atoms with van der Waals surface area (Å²) in [5.41, 5.74) is 0.510. The Morgan fingerprint density at radius 1 is 1.38 bits per heavy atom. The van der Waals surface area contributed by atoms with Crippen molar-refractivity contribution in [1.29, 1.82) is 5.26 Å². The standard InChI is InChI=1S/C15H14N2O2S2/c1-19-12-2-4-13(5-3-12)20-9-7-14(18)17-15-11(10-16)6-8-21-15/h2-6,8H,7,9H2,1H3,(H,17,18). The Labute approximate surface area is 131 Å². The van der Waals surface area contributed by atoms with E-state index < -0.39 is 0 Å². The lowest BCUT2D eigenvalue weighted by Gasteiger charge is -2.04. The number of nitrogens with zero attached hydrogens (tertiary/aromatic N) is 1. The van der Waals surface area contributed by atoms with Crippen LogP contribution in [0.2, 0.25) is 0 Å². The molecule has 108 valence electrons. The molecule has 21 heavy (non-hydrogen) atoms. The van der Waals surface area contributed by atoms with E-state index in [0.717, 1.165) is 10.6 Å². The largest absolute Gasteiger partial charge is 0.497 e. The van der Waals surface area contributed by atoms with Crippen LogP contribution in [0.15, 0.2) is 40.6 Å². The molecule has 1 N–H and O–H groups in total. The smallest absolute Gasteiger partial charge is 0.225 e. The second-order valence-electron chi connectivity index (χ2n) is 4.10. The summed E-state index contributed by atoms with van der Waals surface area (Å²) in [5, 5.41) is 14.1. The summed E-state index contributed by atoms with van der Waals surface area (Å²) in [6.07, 6.45) is 0.402. The average Bonchev–Trinajstić information content (AvgIpc) is 2.95. The Morgan fingerprint density at radius 2 is 2.14 bits per heavy atom. The van der Waals surface area contributed by atoms with Gasteiger partial charge in [-0.2, -0.15) is 5.26 Å². The third kappa shape index (κ3) is 4.52. The fourth-order valence-corrected chi connectivity index (χ4v) is 3.22. The molecule has 0 radical (unpaired) electrons. The molecule has 0 aliphatic carbocycles. The molecule has 1 aromatic heterocycles. The molecular formula is C15H14N2O2S2. The summed E-state index contributed by atoms with van der Waals surface area (Å²) in [4.78, 5) is 12.9. The molecule has 1 aromatic carbocycles. The van der Waals surface area contributed by atoms with Gasteiger partial charge >= 0.3 is 0 Å². The van der Waals surface area contributed by atoms with E-state index in [9.17, 15) is 4.79 Å². The van der Waals surface area contributed by atoms with Crippen LogP contribution >= 0.6 is 23.1 Å². The number of thioether (sulfide) groups is 1. The number of methoxy groups -OCH3 is 1. The monoisotopic (exact) mass is 318 g/mol. The normalized spacial score (nSPS) is 9.90. The molecule has 2 rings (SSSR count). The molecule has 1 amide bonds. The predicted octanol–water partition coefficient (Wildman–Crippen LogP) is 3.75. The van der Waals surface area contributed by atoms with E-state index >= 15 is 0 Å². The first kappa shape index (κ1) is 15.4. The summed E-state index contributed by atoms with van der Waals surface area (Å²) in [6.45, 7) is 0. The first-order chi connectivity index (χ1) is 10.2. The van der Waals surface area contributed by atoms with Gasteiger partial charge < -0.3 is 10.1 Å². The first-order valence-corrected chi connectivity index (χ1v) is 8.13. The van der Waals surface area contributed by atoms with Crippen molar-refractivity contribution >= 4 is 34.0 Å². The van der Waals surface area contributed by atoms with Crippen LogP contribution in [0.5, 0.6) is 5.75 Å². The highest BCUT2D eigenvalue weighted by atomic mass is 32.2. The van der Waals surface area contributed by atoms with Gasteiger partial charge in [-0.25, -0.2) is 0 Å². The number of thiophene rings is 1. The number of rotatable bonds is 6. The Hall–Kier alpha value is -1.97. The second kappa shape index (κ2) is 7.72. The molecule has 0 saturated carbocycles. The lowest BCUT2D eigenvalue weighted by atomic mass is 10.3. The van der Waals surface area contributed by atoms with Gasteiger partial charge in [0.2, 0.25) is 5.91 Å². The topological polar surface area (TPSA) is 62.1 Å². The molecule has 6 heteroatoms. The van der Waals surface area contributed by atoms with E-state index in [1.165, 1.54) is 11.3 Å². The Balaban J connectivity index is 1.78.